The molecule has 14 nitrogen and oxygen atoms in total. The van der Waals surface area contributed by atoms with Crippen LogP contribution in [-0.2, 0) is 33.2 Å². The minimum atomic E-state index is -0.891. The number of nitrogens with one attached hydrogen (secondary N) is 2. The van der Waals surface area contributed by atoms with Crippen LogP contribution in [0.2, 0.25) is 0 Å². The quantitative estimate of drug-likeness (QED) is 0.0352. The van der Waals surface area contributed by atoms with Crippen LogP contribution < -0.4 is 26.8 Å². The predicted octanol–water partition coefficient (Wildman–Crippen LogP) is 0.887. The van der Waals surface area contributed by atoms with Gasteiger partial charge in [-0.25, -0.2) is 4.79 Å². The summed E-state index contributed by atoms with van der Waals surface area (Å²) in [4.78, 5) is 36.1. The number of hydrogen-bond acceptors (Lipinski definition) is 14. The van der Waals surface area contributed by atoms with E-state index < -0.39 is 24.4 Å². The highest BCUT2D eigenvalue weighted by Gasteiger charge is 2.38. The molecule has 0 aromatic heterocycles. The van der Waals surface area contributed by atoms with Crippen LogP contribution in [-0.4, -0.2) is 121 Å². The molecule has 3 unspecified atom stereocenters. The Balaban J connectivity index is 1.66. The van der Waals surface area contributed by atoms with Crippen molar-refractivity contribution in [3.05, 3.63) is 29.8 Å². The molecule has 1 aliphatic rings. The van der Waals surface area contributed by atoms with Crippen molar-refractivity contribution in [3.8, 4) is 29.3 Å². The van der Waals surface area contributed by atoms with Gasteiger partial charge in [0, 0.05) is 31.1 Å². The predicted molar refractivity (Wildman–Crippen MR) is 184 cm³/mol. The summed E-state index contributed by atoms with van der Waals surface area (Å²) in [6.07, 6.45) is -0.0823. The first-order valence-electron chi connectivity index (χ1n) is 15.2. The van der Waals surface area contributed by atoms with Crippen molar-refractivity contribution in [2.45, 2.75) is 50.0 Å². The molecule has 2 rings (SSSR count). The Hall–Kier alpha value is -3.13. The molecule has 1 saturated heterocycles. The number of hydrogen-bond donors (Lipinski definition) is 4. The molecule has 1 aromatic rings. The zero-order chi connectivity index (χ0) is 35.0. The summed E-state index contributed by atoms with van der Waals surface area (Å²) in [5, 5.41) is 5.38. The maximum absolute atomic E-state index is 12.2. The number of benzene rings is 1. The van der Waals surface area contributed by atoms with Crippen LogP contribution in [0.4, 0.5) is 4.79 Å². The zero-order valence-electron chi connectivity index (χ0n) is 27.4. The molecule has 1 aliphatic heterocycles. The molecule has 0 aliphatic carbocycles. The van der Waals surface area contributed by atoms with Crippen LogP contribution in [0.25, 0.3) is 0 Å². The normalized spacial score (nSPS) is 17.8. The SMILES string of the molecule is CC#CC(C)OCC1O[C@@H]([B]C#CCNC(=O)COCCOC(COc2cccc(C(=O)NCCN)c2)SSC)C[C@H]1OC(=O)OCN. The van der Waals surface area contributed by atoms with Crippen molar-refractivity contribution in [1.82, 2.24) is 10.6 Å². The Labute approximate surface area is 290 Å². The highest BCUT2D eigenvalue weighted by molar-refractivity contribution is 8.76. The molecule has 1 aromatic carbocycles. The van der Waals surface area contributed by atoms with Gasteiger partial charge in [0.15, 0.2) is 0 Å². The first kappa shape index (κ1) is 41.0. The van der Waals surface area contributed by atoms with Crippen molar-refractivity contribution in [2.75, 3.05) is 65.7 Å². The van der Waals surface area contributed by atoms with Crippen molar-refractivity contribution >= 4 is 46.8 Å². The van der Waals surface area contributed by atoms with Gasteiger partial charge in [0.25, 0.3) is 13.2 Å². The molecule has 0 saturated carbocycles. The molecule has 1 fully saturated rings. The van der Waals surface area contributed by atoms with E-state index in [0.717, 1.165) is 0 Å². The zero-order valence-corrected chi connectivity index (χ0v) is 29.0. The number of carbonyl (C=O) groups is 3. The second-order valence-corrected chi connectivity index (χ2v) is 12.4. The lowest BCUT2D eigenvalue weighted by Gasteiger charge is -2.19. The fourth-order valence-corrected chi connectivity index (χ4v) is 5.49. The Kier molecular flexibility index (Phi) is 21.3. The summed E-state index contributed by atoms with van der Waals surface area (Å²) in [5.41, 5.74) is 10.9. The number of carbonyl (C=O) groups excluding carboxylic acids is 3. The van der Waals surface area contributed by atoms with Crippen LogP contribution >= 0.6 is 21.6 Å². The maximum atomic E-state index is 12.2. The second-order valence-electron chi connectivity index (χ2n) is 9.80. The number of ether oxygens (including phenoxy) is 7. The molecule has 48 heavy (non-hydrogen) atoms. The third-order valence-corrected chi connectivity index (χ3v) is 8.06. The molecule has 263 valence electrons. The van der Waals surface area contributed by atoms with Crippen LogP contribution in [0.3, 0.4) is 0 Å². The Morgan fingerprint density at radius 3 is 2.77 bits per heavy atom. The van der Waals surface area contributed by atoms with Gasteiger partial charge in [0.1, 0.15) is 49.4 Å². The van der Waals surface area contributed by atoms with Crippen molar-refractivity contribution in [3.63, 3.8) is 0 Å². The monoisotopic (exact) mass is 707 g/mol. The molecule has 2 amide bonds. The molecule has 5 atom stereocenters. The Bertz CT molecular complexity index is 1260. The molecular formula is C31H44BN4O10S2. The summed E-state index contributed by atoms with van der Waals surface area (Å²) in [7, 11) is 4.64. The topological polar surface area (TPSA) is 192 Å². The van der Waals surface area contributed by atoms with Gasteiger partial charge in [0.05, 0.1) is 26.4 Å². The summed E-state index contributed by atoms with van der Waals surface area (Å²) >= 11 is 0. The van der Waals surface area contributed by atoms with E-state index in [2.05, 4.69) is 39.0 Å². The largest absolute Gasteiger partial charge is 0.509 e. The van der Waals surface area contributed by atoms with Crippen LogP contribution in [0.15, 0.2) is 24.3 Å². The Morgan fingerprint density at radius 2 is 2.02 bits per heavy atom. The highest BCUT2D eigenvalue weighted by Crippen LogP contribution is 2.26. The van der Waals surface area contributed by atoms with E-state index in [0.29, 0.717) is 30.8 Å². The van der Waals surface area contributed by atoms with E-state index in [1.807, 2.05) is 13.2 Å². The summed E-state index contributed by atoms with van der Waals surface area (Å²) in [6, 6.07) is 6.44. The first-order chi connectivity index (χ1) is 23.3. The lowest BCUT2D eigenvalue weighted by atomic mass is 9.71. The van der Waals surface area contributed by atoms with E-state index in [1.54, 1.807) is 38.5 Å². The van der Waals surface area contributed by atoms with E-state index in [1.165, 1.54) is 21.6 Å². The minimum Gasteiger partial charge on any atom is -0.490 e. The van der Waals surface area contributed by atoms with Gasteiger partial charge in [-0.05, 0) is 38.3 Å². The van der Waals surface area contributed by atoms with E-state index in [4.69, 9.17) is 39.9 Å². The number of nitrogens with two attached hydrogens (primary N) is 2. The second kappa shape index (κ2) is 24.9. The first-order valence-corrected chi connectivity index (χ1v) is 17.8. The number of rotatable bonds is 21. The third-order valence-electron chi connectivity index (χ3n) is 6.16. The van der Waals surface area contributed by atoms with Crippen molar-refractivity contribution in [1.29, 1.82) is 0 Å². The third kappa shape index (κ3) is 17.3. The van der Waals surface area contributed by atoms with Gasteiger partial charge < -0.3 is 49.5 Å². The molecule has 0 spiro atoms. The van der Waals surface area contributed by atoms with Crippen LogP contribution in [0.5, 0.6) is 5.75 Å². The Morgan fingerprint density at radius 1 is 1.19 bits per heavy atom. The lowest BCUT2D eigenvalue weighted by Crippen LogP contribution is -2.33. The maximum Gasteiger partial charge on any atom is 0.509 e. The highest BCUT2D eigenvalue weighted by atomic mass is 33.1. The van der Waals surface area contributed by atoms with Crippen molar-refractivity contribution < 1.29 is 47.5 Å². The molecule has 17 heteroatoms. The van der Waals surface area contributed by atoms with Crippen molar-refractivity contribution in [2.24, 2.45) is 11.5 Å². The molecule has 0 bridgehead atoms. The van der Waals surface area contributed by atoms with E-state index >= 15 is 0 Å². The molecule has 6 N–H and O–H groups in total. The van der Waals surface area contributed by atoms with Crippen LogP contribution in [0, 0.1) is 23.6 Å². The smallest absolute Gasteiger partial charge is 0.490 e. The number of amides is 2. The average Bonchev–Trinajstić information content (AvgIpc) is 3.45. The van der Waals surface area contributed by atoms with Gasteiger partial charge in [-0.2, -0.15) is 5.82 Å². The van der Waals surface area contributed by atoms with Gasteiger partial charge in [-0.1, -0.05) is 39.5 Å². The minimum absolute atomic E-state index is 0.101. The summed E-state index contributed by atoms with van der Waals surface area (Å²) < 4.78 is 38.7. The van der Waals surface area contributed by atoms with Crippen LogP contribution in [0.1, 0.15) is 30.6 Å². The molecule has 1 heterocycles. The van der Waals surface area contributed by atoms with Gasteiger partial charge in [-0.3, -0.25) is 15.3 Å². The van der Waals surface area contributed by atoms with E-state index in [-0.39, 0.29) is 69.7 Å². The lowest BCUT2D eigenvalue weighted by molar-refractivity contribution is -0.126. The fraction of sp³-hybridized carbons (Fsp3) is 0.581. The molecular weight excluding hydrogens is 663 g/mol. The standard InChI is InChI=1S/C31H44BN4O10S2/c1-4-7-22(2)42-18-26-25(46-31(39)44-21-34)17-27(45-26)32-10-6-12-35-28(37)19-40-14-15-41-29(48-47-3)20-43-24-9-5-8-23(16-24)30(38)36-13-11-33/h5,8-9,16,22,25-27,29H,11-15,17-21,33-34H2,1-3H3,(H,35,37)(H,36,38)/t22?,25-,26?,27-,29?/m1/s1. The van der Waals surface area contributed by atoms with Gasteiger partial charge in [0.2, 0.25) is 5.91 Å². The van der Waals surface area contributed by atoms with Gasteiger partial charge >= 0.3 is 6.16 Å². The van der Waals surface area contributed by atoms with E-state index in [9.17, 15) is 14.4 Å². The summed E-state index contributed by atoms with van der Waals surface area (Å²) in [6.45, 7) is 4.77. The average molecular weight is 708 g/mol. The summed E-state index contributed by atoms with van der Waals surface area (Å²) in [5.74, 6) is 11.3. The fourth-order valence-electron chi connectivity index (χ4n) is 4.03. The molecule has 1 radical (unpaired) electrons. The van der Waals surface area contributed by atoms with Gasteiger partial charge in [-0.15, -0.1) is 5.92 Å².